The number of hydrogen-bond donors (Lipinski definition) is 1. The summed E-state index contributed by atoms with van der Waals surface area (Å²) >= 11 is 0. The van der Waals surface area contributed by atoms with Gasteiger partial charge in [0.05, 0.1) is 0 Å². The molecule has 0 radical (unpaired) electrons. The molecule has 2 aliphatic rings. The molecule has 2 nitrogen and oxygen atoms in total. The van der Waals surface area contributed by atoms with Gasteiger partial charge in [-0.1, -0.05) is 38.1 Å². The molecule has 0 bridgehead atoms. The predicted molar refractivity (Wildman–Crippen MR) is 75.9 cm³/mol. The smallest absolute Gasteiger partial charge is 0.0452 e. The highest BCUT2D eigenvalue weighted by Crippen LogP contribution is 2.34. The number of benzene rings is 1. The Morgan fingerprint density at radius 1 is 1.22 bits per heavy atom. The molecule has 1 unspecified atom stereocenters. The highest BCUT2D eigenvalue weighted by molar-refractivity contribution is 5.38. The van der Waals surface area contributed by atoms with Gasteiger partial charge < -0.3 is 10.2 Å². The van der Waals surface area contributed by atoms with Gasteiger partial charge in [-0.15, -0.1) is 0 Å². The van der Waals surface area contributed by atoms with E-state index in [1.54, 1.807) is 0 Å². The number of hydrogen-bond acceptors (Lipinski definition) is 2. The third kappa shape index (κ3) is 2.19. The van der Waals surface area contributed by atoms with Gasteiger partial charge >= 0.3 is 0 Å². The van der Waals surface area contributed by atoms with Crippen molar-refractivity contribution >= 4 is 0 Å². The second kappa shape index (κ2) is 4.67. The number of fused-ring (bicyclic) bond motifs is 1. The maximum atomic E-state index is 3.75. The molecule has 1 aromatic carbocycles. The van der Waals surface area contributed by atoms with E-state index in [1.807, 2.05) is 0 Å². The summed E-state index contributed by atoms with van der Waals surface area (Å²) in [6.45, 7) is 9.50. The predicted octanol–water partition coefficient (Wildman–Crippen LogP) is 2.70. The van der Waals surface area contributed by atoms with Crippen molar-refractivity contribution in [2.75, 3.05) is 26.2 Å². The number of likely N-dealkylation sites (tertiary alicyclic amines) is 1. The van der Waals surface area contributed by atoms with E-state index in [1.165, 1.54) is 43.6 Å². The van der Waals surface area contributed by atoms with Crippen LogP contribution in [-0.4, -0.2) is 31.1 Å². The molecule has 98 valence electrons. The molecule has 1 fully saturated rings. The van der Waals surface area contributed by atoms with Gasteiger partial charge in [-0.25, -0.2) is 0 Å². The molecule has 3 rings (SSSR count). The van der Waals surface area contributed by atoms with Crippen LogP contribution in [0.2, 0.25) is 0 Å². The molecule has 2 aliphatic heterocycles. The van der Waals surface area contributed by atoms with Gasteiger partial charge in [0.2, 0.25) is 0 Å². The summed E-state index contributed by atoms with van der Waals surface area (Å²) in [6.07, 6.45) is 2.75. The summed E-state index contributed by atoms with van der Waals surface area (Å²) in [7, 11) is 0. The minimum Gasteiger partial charge on any atom is -0.308 e. The summed E-state index contributed by atoms with van der Waals surface area (Å²) in [5.74, 6) is 0. The number of nitrogens with one attached hydrogen (secondary N) is 1. The van der Waals surface area contributed by atoms with Crippen LogP contribution in [0.4, 0.5) is 0 Å². The van der Waals surface area contributed by atoms with Gasteiger partial charge in [0.1, 0.15) is 0 Å². The van der Waals surface area contributed by atoms with Crippen molar-refractivity contribution in [2.24, 2.45) is 0 Å². The first kappa shape index (κ1) is 12.2. The molecule has 2 heteroatoms. The van der Waals surface area contributed by atoms with Crippen LogP contribution in [0, 0.1) is 0 Å². The lowest BCUT2D eigenvalue weighted by atomic mass is 9.77. The lowest BCUT2D eigenvalue weighted by molar-refractivity contribution is 0.268. The maximum Gasteiger partial charge on any atom is 0.0452 e. The van der Waals surface area contributed by atoms with Gasteiger partial charge in [0, 0.05) is 24.5 Å². The van der Waals surface area contributed by atoms with Crippen LogP contribution in [0.25, 0.3) is 0 Å². The number of nitrogens with zero attached hydrogens (tertiary/aromatic N) is 1. The lowest BCUT2D eigenvalue weighted by Gasteiger charge is -2.39. The summed E-state index contributed by atoms with van der Waals surface area (Å²) in [5.41, 5.74) is 3.31. The van der Waals surface area contributed by atoms with E-state index in [2.05, 4.69) is 48.3 Å². The molecule has 0 spiro atoms. The van der Waals surface area contributed by atoms with Crippen LogP contribution in [0.1, 0.15) is 43.9 Å². The Kier molecular flexibility index (Phi) is 3.16. The molecule has 0 saturated carbocycles. The molecule has 2 heterocycles. The van der Waals surface area contributed by atoms with Gasteiger partial charge in [0.25, 0.3) is 0 Å². The maximum absolute atomic E-state index is 3.75. The van der Waals surface area contributed by atoms with Crippen molar-refractivity contribution in [2.45, 2.75) is 38.1 Å². The van der Waals surface area contributed by atoms with E-state index in [4.69, 9.17) is 0 Å². The fourth-order valence-corrected chi connectivity index (χ4v) is 3.39. The van der Waals surface area contributed by atoms with E-state index in [9.17, 15) is 0 Å². The third-order valence-electron chi connectivity index (χ3n) is 4.50. The van der Waals surface area contributed by atoms with Gasteiger partial charge in [-0.05, 0) is 37.1 Å². The Bertz CT molecular complexity index is 419. The summed E-state index contributed by atoms with van der Waals surface area (Å²) < 4.78 is 0. The van der Waals surface area contributed by atoms with E-state index in [0.29, 0.717) is 6.04 Å². The molecule has 18 heavy (non-hydrogen) atoms. The van der Waals surface area contributed by atoms with Crippen LogP contribution in [0.15, 0.2) is 24.3 Å². The Morgan fingerprint density at radius 3 is 2.72 bits per heavy atom. The Hall–Kier alpha value is -0.860. The molecule has 0 aliphatic carbocycles. The fraction of sp³-hybridized carbons (Fsp3) is 0.625. The third-order valence-corrected chi connectivity index (χ3v) is 4.50. The summed E-state index contributed by atoms with van der Waals surface area (Å²) in [4.78, 5) is 2.60. The molecule has 1 atom stereocenters. The van der Waals surface area contributed by atoms with Crippen LogP contribution >= 0.6 is 0 Å². The van der Waals surface area contributed by atoms with Crippen molar-refractivity contribution in [3.8, 4) is 0 Å². The summed E-state index contributed by atoms with van der Waals surface area (Å²) in [5, 5.41) is 3.75. The van der Waals surface area contributed by atoms with Crippen molar-refractivity contribution in [1.29, 1.82) is 0 Å². The first-order valence-corrected chi connectivity index (χ1v) is 7.22. The average molecular weight is 244 g/mol. The van der Waals surface area contributed by atoms with Gasteiger partial charge in [0.15, 0.2) is 0 Å². The Balaban J connectivity index is 1.84. The zero-order valence-corrected chi connectivity index (χ0v) is 11.6. The first-order chi connectivity index (χ1) is 8.67. The highest BCUT2D eigenvalue weighted by Gasteiger charge is 2.32. The molecule has 1 aromatic rings. The van der Waals surface area contributed by atoms with Crippen LogP contribution in [-0.2, 0) is 5.41 Å². The highest BCUT2D eigenvalue weighted by atomic mass is 15.2. The molecule has 1 saturated heterocycles. The molecule has 1 N–H and O–H groups in total. The second-order valence-electron chi connectivity index (χ2n) is 6.41. The van der Waals surface area contributed by atoms with E-state index in [0.717, 1.165) is 6.54 Å². The van der Waals surface area contributed by atoms with Crippen LogP contribution in [0.5, 0.6) is 0 Å². The Morgan fingerprint density at radius 2 is 1.94 bits per heavy atom. The topological polar surface area (TPSA) is 15.3 Å². The van der Waals surface area contributed by atoms with Crippen molar-refractivity contribution in [1.82, 2.24) is 10.2 Å². The quantitative estimate of drug-likeness (QED) is 0.860. The monoisotopic (exact) mass is 244 g/mol. The number of rotatable bonds is 2. The van der Waals surface area contributed by atoms with Crippen molar-refractivity contribution in [3.63, 3.8) is 0 Å². The van der Waals surface area contributed by atoms with Crippen LogP contribution in [0.3, 0.4) is 0 Å². The van der Waals surface area contributed by atoms with Crippen molar-refractivity contribution in [3.05, 3.63) is 35.4 Å². The van der Waals surface area contributed by atoms with E-state index >= 15 is 0 Å². The van der Waals surface area contributed by atoms with Gasteiger partial charge in [-0.3, -0.25) is 0 Å². The normalized spacial score (nSPS) is 27.1. The van der Waals surface area contributed by atoms with Crippen LogP contribution < -0.4 is 5.32 Å². The molecular formula is C16H24N2. The SMILES string of the molecule is CC1(C)CNC(CN2CCCC2)c2ccccc21. The largest absolute Gasteiger partial charge is 0.308 e. The zero-order chi connectivity index (χ0) is 12.6. The van der Waals surface area contributed by atoms with Gasteiger partial charge in [-0.2, -0.15) is 0 Å². The van der Waals surface area contributed by atoms with Crippen molar-refractivity contribution < 1.29 is 0 Å². The average Bonchev–Trinajstić information content (AvgIpc) is 2.86. The molecule has 0 aromatic heterocycles. The fourth-order valence-electron chi connectivity index (χ4n) is 3.39. The Labute approximate surface area is 110 Å². The molecular weight excluding hydrogens is 220 g/mol. The van der Waals surface area contributed by atoms with E-state index in [-0.39, 0.29) is 5.41 Å². The summed E-state index contributed by atoms with van der Waals surface area (Å²) in [6, 6.07) is 9.50. The standard InChI is InChI=1S/C16H24N2/c1-16(2)12-17-15(11-18-9-5-6-10-18)13-7-3-4-8-14(13)16/h3-4,7-8,15,17H,5-6,9-12H2,1-2H3. The minimum atomic E-state index is 0.262. The van der Waals surface area contributed by atoms with E-state index < -0.39 is 0 Å². The zero-order valence-electron chi connectivity index (χ0n) is 11.6. The second-order valence-corrected chi connectivity index (χ2v) is 6.41. The first-order valence-electron chi connectivity index (χ1n) is 7.22. The minimum absolute atomic E-state index is 0.262. The molecule has 0 amide bonds. The lowest BCUT2D eigenvalue weighted by Crippen LogP contribution is -2.45.